The molecule has 2 N–H and O–H groups in total. The number of aryl methyl sites for hydroxylation is 1. The smallest absolute Gasteiger partial charge is 0.185 e. The van der Waals surface area contributed by atoms with Crippen LogP contribution in [0.25, 0.3) is 0 Å². The molecule has 1 fully saturated rings. The largest absolute Gasteiger partial charge is 0.348 e. The molecule has 0 aliphatic carbocycles. The minimum atomic E-state index is 0.105. The lowest BCUT2D eigenvalue weighted by Gasteiger charge is -2.31. The summed E-state index contributed by atoms with van der Waals surface area (Å²) in [6, 6.07) is 0.105. The molecular formula is C13H23N3S. The average Bonchev–Trinajstić information content (AvgIpc) is 2.71. The first kappa shape index (κ1) is 12.8. The summed E-state index contributed by atoms with van der Waals surface area (Å²) in [5.41, 5.74) is 7.07. The number of aromatic nitrogens is 1. The third-order valence-electron chi connectivity index (χ3n) is 3.60. The summed E-state index contributed by atoms with van der Waals surface area (Å²) in [5, 5.41) is 1.17. The maximum Gasteiger partial charge on any atom is 0.185 e. The second-order valence-electron chi connectivity index (χ2n) is 5.10. The van der Waals surface area contributed by atoms with Crippen molar-refractivity contribution >= 4 is 16.5 Å². The lowest BCUT2D eigenvalue weighted by Crippen LogP contribution is -2.35. The Bertz CT molecular complexity index is 373. The molecule has 4 heteroatoms. The van der Waals surface area contributed by atoms with Crippen molar-refractivity contribution in [3.8, 4) is 0 Å². The predicted octanol–water partition coefficient (Wildman–Crippen LogP) is 3.10. The summed E-state index contributed by atoms with van der Waals surface area (Å²) < 4.78 is 0. The molecule has 0 bridgehead atoms. The van der Waals surface area contributed by atoms with E-state index in [1.807, 2.05) is 6.92 Å². The van der Waals surface area contributed by atoms with E-state index >= 15 is 0 Å². The highest BCUT2D eigenvalue weighted by Crippen LogP contribution is 2.32. The molecule has 0 spiro atoms. The monoisotopic (exact) mass is 253 g/mol. The second kappa shape index (κ2) is 5.36. The van der Waals surface area contributed by atoms with Gasteiger partial charge in [0.1, 0.15) is 0 Å². The van der Waals surface area contributed by atoms with Crippen LogP contribution >= 0.6 is 11.3 Å². The lowest BCUT2D eigenvalue weighted by molar-refractivity contribution is 0.404. The van der Waals surface area contributed by atoms with Gasteiger partial charge >= 0.3 is 0 Å². The molecular weight excluding hydrogens is 230 g/mol. The van der Waals surface area contributed by atoms with Gasteiger partial charge in [0, 0.05) is 24.0 Å². The molecule has 1 aliphatic heterocycles. The summed E-state index contributed by atoms with van der Waals surface area (Å²) in [5.74, 6) is 0.840. The van der Waals surface area contributed by atoms with Crippen molar-refractivity contribution in [2.24, 2.45) is 11.7 Å². The van der Waals surface area contributed by atoms with Gasteiger partial charge < -0.3 is 10.6 Å². The standard InChI is InChI=1S/C13H23N3S/c1-4-11-6-5-7-16(8-11)13-15-10(3)12(17-13)9(2)14/h9,11H,4-8,14H2,1-3H3. The maximum absolute atomic E-state index is 5.96. The summed E-state index contributed by atoms with van der Waals surface area (Å²) in [6.07, 6.45) is 3.95. The minimum Gasteiger partial charge on any atom is -0.348 e. The Morgan fingerprint density at radius 1 is 1.59 bits per heavy atom. The normalized spacial score (nSPS) is 22.8. The van der Waals surface area contributed by atoms with E-state index < -0.39 is 0 Å². The zero-order valence-electron chi connectivity index (χ0n) is 11.1. The number of nitrogens with zero attached hydrogens (tertiary/aromatic N) is 2. The van der Waals surface area contributed by atoms with E-state index in [1.54, 1.807) is 11.3 Å². The van der Waals surface area contributed by atoms with Crippen LogP contribution in [0, 0.1) is 12.8 Å². The van der Waals surface area contributed by atoms with Crippen molar-refractivity contribution in [3.05, 3.63) is 10.6 Å². The van der Waals surface area contributed by atoms with E-state index in [9.17, 15) is 0 Å². The molecule has 3 nitrogen and oxygen atoms in total. The number of hydrogen-bond acceptors (Lipinski definition) is 4. The highest BCUT2D eigenvalue weighted by Gasteiger charge is 2.22. The van der Waals surface area contributed by atoms with Crippen LogP contribution in [0.1, 0.15) is 49.7 Å². The highest BCUT2D eigenvalue weighted by molar-refractivity contribution is 7.15. The topological polar surface area (TPSA) is 42.2 Å². The van der Waals surface area contributed by atoms with Crippen molar-refractivity contribution in [2.75, 3.05) is 18.0 Å². The Morgan fingerprint density at radius 3 is 2.94 bits per heavy atom. The maximum atomic E-state index is 5.96. The molecule has 2 unspecified atom stereocenters. The van der Waals surface area contributed by atoms with Crippen molar-refractivity contribution in [1.29, 1.82) is 0 Å². The van der Waals surface area contributed by atoms with Crippen LogP contribution in [0.5, 0.6) is 0 Å². The van der Waals surface area contributed by atoms with Crippen LogP contribution in [0.15, 0.2) is 0 Å². The van der Waals surface area contributed by atoms with Crippen LogP contribution in [0.4, 0.5) is 5.13 Å². The Kier molecular flexibility index (Phi) is 4.05. The summed E-state index contributed by atoms with van der Waals surface area (Å²) in [7, 11) is 0. The zero-order chi connectivity index (χ0) is 12.4. The number of piperidine rings is 1. The molecule has 0 saturated carbocycles. The molecule has 1 aliphatic rings. The molecule has 1 saturated heterocycles. The molecule has 2 rings (SSSR count). The Hall–Kier alpha value is -0.610. The van der Waals surface area contributed by atoms with E-state index in [0.29, 0.717) is 0 Å². The number of anilines is 1. The van der Waals surface area contributed by atoms with Gasteiger partial charge in [-0.15, -0.1) is 11.3 Å². The molecule has 2 atom stereocenters. The lowest BCUT2D eigenvalue weighted by atomic mass is 9.96. The highest BCUT2D eigenvalue weighted by atomic mass is 32.1. The van der Waals surface area contributed by atoms with Gasteiger partial charge in [0.25, 0.3) is 0 Å². The molecule has 96 valence electrons. The van der Waals surface area contributed by atoms with Crippen LogP contribution in [0.3, 0.4) is 0 Å². The predicted molar refractivity (Wildman–Crippen MR) is 74.7 cm³/mol. The fraction of sp³-hybridized carbons (Fsp3) is 0.769. The number of rotatable bonds is 3. The number of nitrogens with two attached hydrogens (primary N) is 1. The van der Waals surface area contributed by atoms with Gasteiger partial charge in [0.15, 0.2) is 5.13 Å². The van der Waals surface area contributed by atoms with Crippen LogP contribution in [0.2, 0.25) is 0 Å². The fourth-order valence-electron chi connectivity index (χ4n) is 2.52. The second-order valence-corrected chi connectivity index (χ2v) is 6.11. The van der Waals surface area contributed by atoms with Crippen molar-refractivity contribution in [3.63, 3.8) is 0 Å². The zero-order valence-corrected chi connectivity index (χ0v) is 11.9. The van der Waals surface area contributed by atoms with Gasteiger partial charge in [0.05, 0.1) is 5.69 Å². The first-order chi connectivity index (χ1) is 8.11. The third kappa shape index (κ3) is 2.80. The summed E-state index contributed by atoms with van der Waals surface area (Å²) in [6.45, 7) is 8.72. The molecule has 1 aromatic rings. The molecule has 0 amide bonds. The van der Waals surface area contributed by atoms with E-state index in [1.165, 1.54) is 35.8 Å². The van der Waals surface area contributed by atoms with E-state index in [0.717, 1.165) is 18.2 Å². The van der Waals surface area contributed by atoms with E-state index in [2.05, 4.69) is 23.7 Å². The summed E-state index contributed by atoms with van der Waals surface area (Å²) in [4.78, 5) is 8.37. The van der Waals surface area contributed by atoms with Gasteiger partial charge in [0.2, 0.25) is 0 Å². The van der Waals surface area contributed by atoms with Crippen molar-refractivity contribution in [1.82, 2.24) is 4.98 Å². The first-order valence-electron chi connectivity index (χ1n) is 6.59. The number of thiazole rings is 1. The fourth-order valence-corrected chi connectivity index (χ4v) is 3.58. The average molecular weight is 253 g/mol. The van der Waals surface area contributed by atoms with Gasteiger partial charge in [-0.3, -0.25) is 0 Å². The third-order valence-corrected chi connectivity index (χ3v) is 5.02. The van der Waals surface area contributed by atoms with Crippen LogP contribution in [-0.2, 0) is 0 Å². The Balaban J connectivity index is 2.14. The van der Waals surface area contributed by atoms with E-state index in [4.69, 9.17) is 5.73 Å². The molecule has 2 heterocycles. The van der Waals surface area contributed by atoms with Gasteiger partial charge in [-0.05, 0) is 32.6 Å². The summed E-state index contributed by atoms with van der Waals surface area (Å²) >= 11 is 1.78. The molecule has 1 aromatic heterocycles. The van der Waals surface area contributed by atoms with Gasteiger partial charge in [-0.2, -0.15) is 0 Å². The molecule has 17 heavy (non-hydrogen) atoms. The van der Waals surface area contributed by atoms with Crippen molar-refractivity contribution < 1.29 is 0 Å². The van der Waals surface area contributed by atoms with Gasteiger partial charge in [-0.1, -0.05) is 13.3 Å². The quantitative estimate of drug-likeness (QED) is 0.900. The number of hydrogen-bond donors (Lipinski definition) is 1. The minimum absolute atomic E-state index is 0.105. The van der Waals surface area contributed by atoms with Crippen molar-refractivity contribution in [2.45, 2.75) is 46.1 Å². The molecule has 0 aromatic carbocycles. The Labute approximate surface area is 108 Å². The van der Waals surface area contributed by atoms with Crippen LogP contribution < -0.4 is 10.6 Å². The first-order valence-corrected chi connectivity index (χ1v) is 7.41. The van der Waals surface area contributed by atoms with Crippen LogP contribution in [-0.4, -0.2) is 18.1 Å². The Morgan fingerprint density at radius 2 is 2.35 bits per heavy atom. The molecule has 0 radical (unpaired) electrons. The van der Waals surface area contributed by atoms with Gasteiger partial charge in [-0.25, -0.2) is 4.98 Å². The SMILES string of the molecule is CCC1CCCN(c2nc(C)c(C(C)N)s2)C1. The van der Waals surface area contributed by atoms with E-state index in [-0.39, 0.29) is 6.04 Å².